The van der Waals surface area contributed by atoms with Gasteiger partial charge in [0.15, 0.2) is 11.5 Å². The summed E-state index contributed by atoms with van der Waals surface area (Å²) in [5.74, 6) is 1.79. The van der Waals surface area contributed by atoms with Crippen LogP contribution in [0.5, 0.6) is 0 Å². The SMILES string of the molecule is Cc1noc(-c2cnc(NCc3ccncc3)nc2-c2ccco2)c1C. The van der Waals surface area contributed by atoms with Gasteiger partial charge in [-0.1, -0.05) is 5.16 Å². The van der Waals surface area contributed by atoms with Gasteiger partial charge < -0.3 is 14.3 Å². The van der Waals surface area contributed by atoms with E-state index in [4.69, 9.17) is 8.94 Å². The molecule has 0 fully saturated rings. The molecule has 0 bridgehead atoms. The summed E-state index contributed by atoms with van der Waals surface area (Å²) in [7, 11) is 0. The van der Waals surface area contributed by atoms with Gasteiger partial charge in [-0.25, -0.2) is 9.97 Å². The number of rotatable bonds is 5. The largest absolute Gasteiger partial charge is 0.463 e. The van der Waals surface area contributed by atoms with Gasteiger partial charge in [-0.3, -0.25) is 4.98 Å². The normalized spacial score (nSPS) is 10.8. The van der Waals surface area contributed by atoms with Crippen molar-refractivity contribution in [2.75, 3.05) is 5.32 Å². The summed E-state index contributed by atoms with van der Waals surface area (Å²) < 4.78 is 11.0. The van der Waals surface area contributed by atoms with Crippen LogP contribution in [0.15, 0.2) is 58.1 Å². The number of furan rings is 1. The summed E-state index contributed by atoms with van der Waals surface area (Å²) in [6.45, 7) is 4.46. The Morgan fingerprint density at radius 1 is 1.12 bits per heavy atom. The average Bonchev–Trinajstić information content (AvgIpc) is 3.32. The first-order chi connectivity index (χ1) is 12.7. The Labute approximate surface area is 150 Å². The van der Waals surface area contributed by atoms with Crippen molar-refractivity contribution in [1.29, 1.82) is 0 Å². The molecule has 0 atom stereocenters. The van der Waals surface area contributed by atoms with Gasteiger partial charge in [0, 0.05) is 30.7 Å². The summed E-state index contributed by atoms with van der Waals surface area (Å²) in [6.07, 6.45) is 6.85. The van der Waals surface area contributed by atoms with Gasteiger partial charge >= 0.3 is 0 Å². The quantitative estimate of drug-likeness (QED) is 0.583. The van der Waals surface area contributed by atoms with E-state index in [0.29, 0.717) is 29.7 Å². The number of aryl methyl sites for hydroxylation is 1. The van der Waals surface area contributed by atoms with Crippen LogP contribution in [-0.2, 0) is 6.54 Å². The number of aromatic nitrogens is 4. The standard InChI is InChI=1S/C19H17N5O2/c1-12-13(2)24-26-18(12)15-11-22-19(21-10-14-5-7-20-8-6-14)23-17(15)16-4-3-9-25-16/h3-9,11H,10H2,1-2H3,(H,21,22,23). The molecule has 0 spiro atoms. The lowest BCUT2D eigenvalue weighted by Gasteiger charge is -2.09. The van der Waals surface area contributed by atoms with Crippen molar-refractivity contribution >= 4 is 5.95 Å². The third-order valence-corrected chi connectivity index (χ3v) is 4.15. The molecule has 0 amide bonds. The lowest BCUT2D eigenvalue weighted by Crippen LogP contribution is -2.05. The number of pyridine rings is 1. The predicted molar refractivity (Wildman–Crippen MR) is 96.3 cm³/mol. The minimum absolute atomic E-state index is 0.505. The van der Waals surface area contributed by atoms with E-state index >= 15 is 0 Å². The van der Waals surface area contributed by atoms with Crippen LogP contribution in [0, 0.1) is 13.8 Å². The zero-order valence-electron chi connectivity index (χ0n) is 14.4. The van der Waals surface area contributed by atoms with Crippen LogP contribution in [0.4, 0.5) is 5.95 Å². The fourth-order valence-electron chi connectivity index (χ4n) is 2.58. The minimum atomic E-state index is 0.505. The van der Waals surface area contributed by atoms with Crippen molar-refractivity contribution in [1.82, 2.24) is 20.1 Å². The second kappa shape index (κ2) is 6.79. The molecular formula is C19H17N5O2. The van der Waals surface area contributed by atoms with Crippen molar-refractivity contribution in [2.45, 2.75) is 20.4 Å². The molecule has 4 aromatic heterocycles. The molecule has 4 rings (SSSR count). The average molecular weight is 347 g/mol. The third-order valence-electron chi connectivity index (χ3n) is 4.15. The molecule has 26 heavy (non-hydrogen) atoms. The first kappa shape index (κ1) is 16.0. The van der Waals surface area contributed by atoms with Crippen LogP contribution >= 0.6 is 0 Å². The van der Waals surface area contributed by atoms with E-state index in [1.165, 1.54) is 0 Å². The second-order valence-corrected chi connectivity index (χ2v) is 5.86. The van der Waals surface area contributed by atoms with Crippen LogP contribution in [-0.4, -0.2) is 20.1 Å². The summed E-state index contributed by atoms with van der Waals surface area (Å²) in [4.78, 5) is 13.1. The molecular weight excluding hydrogens is 330 g/mol. The lowest BCUT2D eigenvalue weighted by atomic mass is 10.1. The van der Waals surface area contributed by atoms with E-state index in [0.717, 1.165) is 22.4 Å². The molecule has 4 heterocycles. The molecule has 7 nitrogen and oxygen atoms in total. The monoisotopic (exact) mass is 347 g/mol. The van der Waals surface area contributed by atoms with Gasteiger partial charge in [0.05, 0.1) is 17.5 Å². The first-order valence-electron chi connectivity index (χ1n) is 8.19. The molecule has 0 radical (unpaired) electrons. The summed E-state index contributed by atoms with van der Waals surface area (Å²) in [5, 5.41) is 7.25. The van der Waals surface area contributed by atoms with Crippen LogP contribution in [0.1, 0.15) is 16.8 Å². The van der Waals surface area contributed by atoms with E-state index in [2.05, 4.69) is 25.4 Å². The number of nitrogens with zero attached hydrogens (tertiary/aromatic N) is 4. The van der Waals surface area contributed by atoms with E-state index < -0.39 is 0 Å². The maximum absolute atomic E-state index is 5.56. The summed E-state index contributed by atoms with van der Waals surface area (Å²) >= 11 is 0. The van der Waals surface area contributed by atoms with Crippen molar-refractivity contribution in [3.8, 4) is 22.8 Å². The molecule has 7 heteroatoms. The highest BCUT2D eigenvalue weighted by Gasteiger charge is 2.20. The van der Waals surface area contributed by atoms with Gasteiger partial charge in [0.2, 0.25) is 5.95 Å². The Kier molecular flexibility index (Phi) is 4.18. The van der Waals surface area contributed by atoms with Gasteiger partial charge in [-0.2, -0.15) is 0 Å². The van der Waals surface area contributed by atoms with E-state index in [1.807, 2.05) is 38.1 Å². The van der Waals surface area contributed by atoms with Crippen LogP contribution in [0.2, 0.25) is 0 Å². The molecule has 130 valence electrons. The molecule has 0 aliphatic rings. The Hall–Kier alpha value is -3.48. The van der Waals surface area contributed by atoms with Crippen LogP contribution in [0.25, 0.3) is 22.8 Å². The van der Waals surface area contributed by atoms with Gasteiger partial charge in [0.25, 0.3) is 0 Å². The summed E-state index contributed by atoms with van der Waals surface area (Å²) in [5.41, 5.74) is 4.28. The van der Waals surface area contributed by atoms with Crippen molar-refractivity contribution in [3.05, 3.63) is 65.9 Å². The number of hydrogen-bond acceptors (Lipinski definition) is 7. The number of nitrogens with one attached hydrogen (secondary N) is 1. The van der Waals surface area contributed by atoms with Crippen molar-refractivity contribution < 1.29 is 8.94 Å². The first-order valence-corrected chi connectivity index (χ1v) is 8.19. The van der Waals surface area contributed by atoms with Crippen molar-refractivity contribution in [2.24, 2.45) is 0 Å². The van der Waals surface area contributed by atoms with Crippen LogP contribution in [0.3, 0.4) is 0 Å². The molecule has 0 aromatic carbocycles. The molecule has 0 saturated heterocycles. The molecule has 0 aliphatic carbocycles. The van der Waals surface area contributed by atoms with Gasteiger partial charge in [-0.05, 0) is 43.7 Å². The predicted octanol–water partition coefficient (Wildman–Crippen LogP) is 4.02. The maximum Gasteiger partial charge on any atom is 0.223 e. The Bertz CT molecular complexity index is 1010. The topological polar surface area (TPSA) is 89.9 Å². The fraction of sp³-hybridized carbons (Fsp3) is 0.158. The number of hydrogen-bond donors (Lipinski definition) is 1. The van der Waals surface area contributed by atoms with Crippen LogP contribution < -0.4 is 5.32 Å². The van der Waals surface area contributed by atoms with Gasteiger partial charge in [0.1, 0.15) is 5.69 Å². The minimum Gasteiger partial charge on any atom is -0.463 e. The third kappa shape index (κ3) is 3.06. The van der Waals surface area contributed by atoms with Gasteiger partial charge in [-0.15, -0.1) is 0 Å². The highest BCUT2D eigenvalue weighted by atomic mass is 16.5. The van der Waals surface area contributed by atoms with E-state index in [9.17, 15) is 0 Å². The van der Waals surface area contributed by atoms with Crippen molar-refractivity contribution in [3.63, 3.8) is 0 Å². The molecule has 0 aliphatic heterocycles. The zero-order chi connectivity index (χ0) is 17.9. The maximum atomic E-state index is 5.56. The molecule has 0 saturated carbocycles. The molecule has 0 unspecified atom stereocenters. The zero-order valence-corrected chi connectivity index (χ0v) is 14.4. The smallest absolute Gasteiger partial charge is 0.223 e. The fourth-order valence-corrected chi connectivity index (χ4v) is 2.58. The summed E-state index contributed by atoms with van der Waals surface area (Å²) in [6, 6.07) is 7.56. The highest BCUT2D eigenvalue weighted by molar-refractivity contribution is 5.77. The van der Waals surface area contributed by atoms with E-state index in [1.54, 1.807) is 24.9 Å². The lowest BCUT2D eigenvalue weighted by molar-refractivity contribution is 0.426. The number of anilines is 1. The molecule has 1 N–H and O–H groups in total. The second-order valence-electron chi connectivity index (χ2n) is 5.86. The van der Waals surface area contributed by atoms with E-state index in [-0.39, 0.29) is 0 Å². The highest BCUT2D eigenvalue weighted by Crippen LogP contribution is 2.33. The Morgan fingerprint density at radius 3 is 2.65 bits per heavy atom. The Morgan fingerprint density at radius 2 is 1.96 bits per heavy atom. The Balaban J connectivity index is 1.71. The molecule has 4 aromatic rings.